The highest BCUT2D eigenvalue weighted by atomic mass is 35.5. The monoisotopic (exact) mass is 393 g/mol. The highest BCUT2D eigenvalue weighted by molar-refractivity contribution is 6.33. The molecule has 1 fully saturated rings. The molecule has 0 atom stereocenters. The molecule has 3 aromatic rings. The number of pyridine rings is 2. The number of amides is 1. The van der Waals surface area contributed by atoms with Crippen LogP contribution in [0.5, 0.6) is 0 Å². The van der Waals surface area contributed by atoms with Gasteiger partial charge in [0, 0.05) is 38.6 Å². The van der Waals surface area contributed by atoms with Crippen molar-refractivity contribution >= 4 is 34.7 Å². The van der Waals surface area contributed by atoms with Gasteiger partial charge in [-0.3, -0.25) is 9.78 Å². The molecule has 0 aliphatic carbocycles. The third-order valence-electron chi connectivity index (χ3n) is 4.68. The van der Waals surface area contributed by atoms with Crippen molar-refractivity contribution in [2.24, 2.45) is 0 Å². The normalized spacial score (nSPS) is 14.0. The molecular weight excluding hydrogens is 374 g/mol. The topological polar surface area (TPSA) is 61.4 Å². The number of carbonyl (C=O) groups excluding carboxylic acids is 1. The Morgan fingerprint density at radius 1 is 1.00 bits per heavy atom. The first kappa shape index (κ1) is 18.3. The summed E-state index contributed by atoms with van der Waals surface area (Å²) in [6.07, 6.45) is 5.07. The zero-order valence-electron chi connectivity index (χ0n) is 15.3. The van der Waals surface area contributed by atoms with Gasteiger partial charge in [-0.2, -0.15) is 0 Å². The van der Waals surface area contributed by atoms with Crippen molar-refractivity contribution in [2.75, 3.05) is 36.4 Å². The number of halogens is 1. The maximum absolute atomic E-state index is 12.9. The van der Waals surface area contributed by atoms with Gasteiger partial charge in [0.15, 0.2) is 0 Å². The van der Waals surface area contributed by atoms with Crippen LogP contribution < -0.4 is 10.2 Å². The first-order valence-electron chi connectivity index (χ1n) is 9.12. The van der Waals surface area contributed by atoms with Crippen LogP contribution in [0, 0.1) is 0 Å². The van der Waals surface area contributed by atoms with E-state index in [4.69, 9.17) is 11.6 Å². The van der Waals surface area contributed by atoms with Crippen molar-refractivity contribution in [3.05, 3.63) is 77.7 Å². The van der Waals surface area contributed by atoms with E-state index >= 15 is 0 Å². The van der Waals surface area contributed by atoms with E-state index in [0.717, 1.165) is 30.3 Å². The Morgan fingerprint density at radius 2 is 1.79 bits per heavy atom. The molecule has 0 bridgehead atoms. The molecule has 3 heterocycles. The van der Waals surface area contributed by atoms with Crippen molar-refractivity contribution in [1.29, 1.82) is 0 Å². The Balaban J connectivity index is 1.42. The Hall–Kier alpha value is -3.12. The molecular formula is C21H20ClN5O. The van der Waals surface area contributed by atoms with Gasteiger partial charge in [0.05, 0.1) is 28.2 Å². The van der Waals surface area contributed by atoms with Crippen LogP contribution >= 0.6 is 11.6 Å². The van der Waals surface area contributed by atoms with E-state index in [0.29, 0.717) is 23.7 Å². The largest absolute Gasteiger partial charge is 0.353 e. The summed E-state index contributed by atoms with van der Waals surface area (Å²) >= 11 is 6.19. The lowest BCUT2D eigenvalue weighted by Crippen LogP contribution is -2.49. The number of hydrogen-bond acceptors (Lipinski definition) is 5. The maximum atomic E-state index is 12.9. The Morgan fingerprint density at radius 3 is 2.54 bits per heavy atom. The van der Waals surface area contributed by atoms with Crippen molar-refractivity contribution in [1.82, 2.24) is 14.9 Å². The van der Waals surface area contributed by atoms with Crippen LogP contribution in [-0.4, -0.2) is 47.0 Å². The van der Waals surface area contributed by atoms with Crippen LogP contribution in [0.1, 0.15) is 10.4 Å². The minimum absolute atomic E-state index is 0.0176. The van der Waals surface area contributed by atoms with E-state index in [9.17, 15) is 4.79 Å². The lowest BCUT2D eigenvalue weighted by atomic mass is 10.2. The second-order valence-corrected chi connectivity index (χ2v) is 6.94. The molecule has 0 radical (unpaired) electrons. The summed E-state index contributed by atoms with van der Waals surface area (Å²) in [5, 5.41) is 3.83. The summed E-state index contributed by atoms with van der Waals surface area (Å²) in [5.41, 5.74) is 2.06. The van der Waals surface area contributed by atoms with E-state index < -0.39 is 0 Å². The summed E-state index contributed by atoms with van der Waals surface area (Å²) in [4.78, 5) is 25.6. The lowest BCUT2D eigenvalue weighted by molar-refractivity contribution is 0.0746. The summed E-state index contributed by atoms with van der Waals surface area (Å²) in [5.74, 6) is 0.929. The molecule has 1 saturated heterocycles. The van der Waals surface area contributed by atoms with Crippen LogP contribution in [0.3, 0.4) is 0 Å². The Kier molecular flexibility index (Phi) is 5.39. The van der Waals surface area contributed by atoms with Gasteiger partial charge in [-0.1, -0.05) is 29.8 Å². The summed E-state index contributed by atoms with van der Waals surface area (Å²) in [6.45, 7) is 2.82. The number of aromatic nitrogens is 2. The molecule has 0 spiro atoms. The molecule has 0 saturated carbocycles. The summed E-state index contributed by atoms with van der Waals surface area (Å²) < 4.78 is 0. The van der Waals surface area contributed by atoms with Crippen molar-refractivity contribution in [2.45, 2.75) is 0 Å². The fourth-order valence-electron chi connectivity index (χ4n) is 3.21. The first-order chi connectivity index (χ1) is 13.7. The molecule has 1 N–H and O–H groups in total. The molecule has 1 aliphatic rings. The van der Waals surface area contributed by atoms with Crippen LogP contribution in [0.2, 0.25) is 5.02 Å². The smallest absolute Gasteiger partial charge is 0.255 e. The molecule has 1 amide bonds. The molecule has 7 heteroatoms. The maximum Gasteiger partial charge on any atom is 0.255 e. The van der Waals surface area contributed by atoms with Crippen LogP contribution in [0.25, 0.3) is 0 Å². The second kappa shape index (κ2) is 8.27. The number of para-hydroxylation sites is 1. The number of carbonyl (C=O) groups is 1. The van der Waals surface area contributed by atoms with Gasteiger partial charge < -0.3 is 15.1 Å². The first-order valence-corrected chi connectivity index (χ1v) is 9.50. The molecule has 6 nitrogen and oxygen atoms in total. The van der Waals surface area contributed by atoms with Crippen molar-refractivity contribution in [3.8, 4) is 0 Å². The highest BCUT2D eigenvalue weighted by Gasteiger charge is 2.23. The van der Waals surface area contributed by atoms with Crippen molar-refractivity contribution < 1.29 is 4.79 Å². The zero-order valence-corrected chi connectivity index (χ0v) is 16.0. The van der Waals surface area contributed by atoms with E-state index in [1.807, 2.05) is 53.4 Å². The zero-order chi connectivity index (χ0) is 19.3. The van der Waals surface area contributed by atoms with Gasteiger partial charge in [0.2, 0.25) is 0 Å². The standard InChI is InChI=1S/C21H20ClN5O/c22-18-5-1-2-6-19(18)25-17-13-16(14-23-15-17)21(28)27-11-9-26(10-12-27)20-7-3-4-8-24-20/h1-8,13-15,25H,9-12H2. The summed E-state index contributed by atoms with van der Waals surface area (Å²) in [6, 6.07) is 15.1. The quantitative estimate of drug-likeness (QED) is 0.729. The van der Waals surface area contributed by atoms with Gasteiger partial charge >= 0.3 is 0 Å². The van der Waals surface area contributed by atoms with E-state index in [-0.39, 0.29) is 5.91 Å². The third-order valence-corrected chi connectivity index (χ3v) is 5.01. The number of hydrogen-bond donors (Lipinski definition) is 1. The van der Waals surface area contributed by atoms with Gasteiger partial charge in [-0.05, 0) is 30.3 Å². The number of nitrogens with one attached hydrogen (secondary N) is 1. The fraction of sp³-hybridized carbons (Fsp3) is 0.190. The van der Waals surface area contributed by atoms with Crippen molar-refractivity contribution in [3.63, 3.8) is 0 Å². The highest BCUT2D eigenvalue weighted by Crippen LogP contribution is 2.25. The molecule has 28 heavy (non-hydrogen) atoms. The van der Waals surface area contributed by atoms with E-state index in [1.165, 1.54) is 0 Å². The van der Waals surface area contributed by atoms with Gasteiger partial charge in [0.25, 0.3) is 5.91 Å². The molecule has 0 unspecified atom stereocenters. The Labute approximate surface area is 168 Å². The summed E-state index contributed by atoms with van der Waals surface area (Å²) in [7, 11) is 0. The van der Waals surface area contributed by atoms with Crippen LogP contribution in [0.15, 0.2) is 67.1 Å². The molecule has 2 aromatic heterocycles. The third kappa shape index (κ3) is 4.07. The van der Waals surface area contributed by atoms with Crippen LogP contribution in [0.4, 0.5) is 17.2 Å². The van der Waals surface area contributed by atoms with E-state index in [1.54, 1.807) is 18.6 Å². The van der Waals surface area contributed by atoms with Gasteiger partial charge in [0.1, 0.15) is 5.82 Å². The van der Waals surface area contributed by atoms with Gasteiger partial charge in [-0.25, -0.2) is 4.98 Å². The molecule has 142 valence electrons. The number of anilines is 3. The fourth-order valence-corrected chi connectivity index (χ4v) is 3.39. The molecule has 1 aliphatic heterocycles. The lowest BCUT2D eigenvalue weighted by Gasteiger charge is -2.35. The minimum atomic E-state index is -0.0176. The average Bonchev–Trinajstić information content (AvgIpc) is 2.76. The van der Waals surface area contributed by atoms with Gasteiger partial charge in [-0.15, -0.1) is 0 Å². The minimum Gasteiger partial charge on any atom is -0.353 e. The van der Waals surface area contributed by atoms with E-state index in [2.05, 4.69) is 20.2 Å². The second-order valence-electron chi connectivity index (χ2n) is 6.53. The average molecular weight is 394 g/mol. The van der Waals surface area contributed by atoms with Crippen LogP contribution in [-0.2, 0) is 0 Å². The Bertz CT molecular complexity index is 958. The molecule has 4 rings (SSSR count). The number of piperazine rings is 1. The predicted molar refractivity (Wildman–Crippen MR) is 111 cm³/mol. The SMILES string of the molecule is O=C(c1cncc(Nc2ccccc2Cl)c1)N1CCN(c2ccccn2)CC1. The number of nitrogens with zero attached hydrogens (tertiary/aromatic N) is 4. The number of benzene rings is 1. The number of rotatable bonds is 4. The predicted octanol–water partition coefficient (Wildman–Crippen LogP) is 3.84. The molecule has 1 aromatic carbocycles.